The van der Waals surface area contributed by atoms with Crippen LogP contribution in [-0.2, 0) is 19.0 Å². The minimum Gasteiger partial charge on any atom is -0.444 e. The van der Waals surface area contributed by atoms with Crippen LogP contribution in [0.15, 0.2) is 0 Å². The van der Waals surface area contributed by atoms with E-state index < -0.39 is 15.7 Å². The number of nitrogens with zero attached hydrogens (tertiary/aromatic N) is 1. The predicted octanol–water partition coefficient (Wildman–Crippen LogP) is 1.61. The van der Waals surface area contributed by atoms with Gasteiger partial charge in [-0.1, -0.05) is 0 Å². The number of ether oxygens (including phenoxy) is 1. The Hall–Kier alpha value is -0.820. The zero-order chi connectivity index (χ0) is 14.4. The van der Waals surface area contributed by atoms with Gasteiger partial charge in [-0.2, -0.15) is 8.42 Å². The van der Waals surface area contributed by atoms with Gasteiger partial charge in [-0.3, -0.25) is 4.18 Å². The van der Waals surface area contributed by atoms with Gasteiger partial charge in [0.05, 0.1) is 12.9 Å². The summed E-state index contributed by atoms with van der Waals surface area (Å²) in [5.74, 6) is 0. The maximum Gasteiger partial charge on any atom is 0.410 e. The fraction of sp³-hybridized carbons (Fsp3) is 0.909. The van der Waals surface area contributed by atoms with E-state index >= 15 is 0 Å². The number of amides is 1. The fourth-order valence-corrected chi connectivity index (χ4v) is 1.51. The first-order chi connectivity index (χ1) is 8.01. The van der Waals surface area contributed by atoms with Crippen molar-refractivity contribution in [2.75, 3.05) is 26.5 Å². The molecule has 0 aliphatic rings. The number of hydrogen-bond donors (Lipinski definition) is 0. The lowest BCUT2D eigenvalue weighted by Gasteiger charge is -2.24. The van der Waals surface area contributed by atoms with E-state index in [9.17, 15) is 13.2 Å². The zero-order valence-corrected chi connectivity index (χ0v) is 12.5. The Bertz CT molecular complexity index is 358. The van der Waals surface area contributed by atoms with Crippen LogP contribution in [0.1, 0.15) is 33.6 Å². The minimum atomic E-state index is -3.37. The van der Waals surface area contributed by atoms with E-state index in [-0.39, 0.29) is 12.7 Å². The van der Waals surface area contributed by atoms with Gasteiger partial charge in [-0.25, -0.2) is 4.79 Å². The number of hydrogen-bond acceptors (Lipinski definition) is 5. The summed E-state index contributed by atoms with van der Waals surface area (Å²) in [7, 11) is -1.73. The van der Waals surface area contributed by atoms with E-state index in [1.165, 1.54) is 4.90 Å². The van der Waals surface area contributed by atoms with Crippen LogP contribution >= 0.6 is 0 Å². The molecule has 0 aromatic heterocycles. The summed E-state index contributed by atoms with van der Waals surface area (Å²) in [6.07, 6.45) is 1.86. The Labute approximate surface area is 109 Å². The molecule has 0 saturated heterocycles. The first kappa shape index (κ1) is 17.2. The van der Waals surface area contributed by atoms with Gasteiger partial charge in [-0.05, 0) is 33.6 Å². The fourth-order valence-electron chi connectivity index (χ4n) is 1.09. The molecule has 0 atom stereocenters. The SMILES string of the molecule is CN(CCCCOS(C)(=O)=O)C(=O)OC(C)(C)C. The van der Waals surface area contributed by atoms with Crippen molar-refractivity contribution in [1.82, 2.24) is 4.90 Å². The van der Waals surface area contributed by atoms with Crippen LogP contribution in [0.3, 0.4) is 0 Å². The van der Waals surface area contributed by atoms with Crippen LogP contribution in [0.5, 0.6) is 0 Å². The molecule has 0 aromatic rings. The van der Waals surface area contributed by atoms with Gasteiger partial charge in [0.25, 0.3) is 10.1 Å². The van der Waals surface area contributed by atoms with E-state index in [1.54, 1.807) is 27.8 Å². The average molecular weight is 281 g/mol. The lowest BCUT2D eigenvalue weighted by atomic mass is 10.2. The molecule has 18 heavy (non-hydrogen) atoms. The molecule has 0 bridgehead atoms. The van der Waals surface area contributed by atoms with E-state index in [4.69, 9.17) is 4.74 Å². The summed E-state index contributed by atoms with van der Waals surface area (Å²) in [5.41, 5.74) is -0.509. The highest BCUT2D eigenvalue weighted by Gasteiger charge is 2.19. The van der Waals surface area contributed by atoms with Gasteiger partial charge >= 0.3 is 6.09 Å². The van der Waals surface area contributed by atoms with Crippen molar-refractivity contribution in [2.24, 2.45) is 0 Å². The molecule has 0 spiro atoms. The second kappa shape index (κ2) is 6.94. The average Bonchev–Trinajstić information content (AvgIpc) is 2.12. The molecule has 0 rings (SSSR count). The van der Waals surface area contributed by atoms with Crippen molar-refractivity contribution < 1.29 is 22.1 Å². The Balaban J connectivity index is 3.77. The Morgan fingerprint density at radius 3 is 2.22 bits per heavy atom. The molecule has 0 aromatic carbocycles. The molecule has 0 aliphatic heterocycles. The van der Waals surface area contributed by atoms with E-state index in [0.29, 0.717) is 19.4 Å². The van der Waals surface area contributed by atoms with Crippen LogP contribution in [0, 0.1) is 0 Å². The topological polar surface area (TPSA) is 72.9 Å². The van der Waals surface area contributed by atoms with Crippen molar-refractivity contribution in [2.45, 2.75) is 39.2 Å². The molecule has 0 aliphatic carbocycles. The Kier molecular flexibility index (Phi) is 6.62. The molecule has 7 heteroatoms. The molecule has 108 valence electrons. The van der Waals surface area contributed by atoms with Crippen LogP contribution in [0.25, 0.3) is 0 Å². The number of rotatable bonds is 6. The minimum absolute atomic E-state index is 0.140. The summed E-state index contributed by atoms with van der Waals surface area (Å²) in [6.45, 7) is 6.05. The second-order valence-electron chi connectivity index (χ2n) is 5.14. The molecular formula is C11H23NO5S. The molecule has 0 unspecified atom stereocenters. The molecule has 0 N–H and O–H groups in total. The highest BCUT2D eigenvalue weighted by molar-refractivity contribution is 7.85. The summed E-state index contributed by atoms with van der Waals surface area (Å²) >= 11 is 0. The van der Waals surface area contributed by atoms with Crippen LogP contribution in [0.4, 0.5) is 4.79 Å². The van der Waals surface area contributed by atoms with Gasteiger partial charge in [0, 0.05) is 13.6 Å². The van der Waals surface area contributed by atoms with Crippen molar-refractivity contribution in [3.8, 4) is 0 Å². The summed E-state index contributed by atoms with van der Waals surface area (Å²) in [4.78, 5) is 13.0. The number of unbranched alkanes of at least 4 members (excludes halogenated alkanes) is 1. The molecule has 0 saturated carbocycles. The lowest BCUT2D eigenvalue weighted by Crippen LogP contribution is -2.34. The third kappa shape index (κ3) is 10.3. The van der Waals surface area contributed by atoms with Gasteiger partial charge in [-0.15, -0.1) is 0 Å². The highest BCUT2D eigenvalue weighted by atomic mass is 32.2. The third-order valence-corrected chi connectivity index (χ3v) is 2.49. The highest BCUT2D eigenvalue weighted by Crippen LogP contribution is 2.09. The largest absolute Gasteiger partial charge is 0.444 e. The third-order valence-electron chi connectivity index (χ3n) is 1.89. The smallest absolute Gasteiger partial charge is 0.410 e. The van der Waals surface area contributed by atoms with E-state index in [0.717, 1.165) is 6.26 Å². The molecule has 6 nitrogen and oxygen atoms in total. The molecular weight excluding hydrogens is 258 g/mol. The van der Waals surface area contributed by atoms with Crippen molar-refractivity contribution in [1.29, 1.82) is 0 Å². The van der Waals surface area contributed by atoms with Gasteiger partial charge in [0.2, 0.25) is 0 Å². The summed E-state index contributed by atoms with van der Waals surface area (Å²) in [5, 5.41) is 0. The lowest BCUT2D eigenvalue weighted by molar-refractivity contribution is 0.0294. The van der Waals surface area contributed by atoms with E-state index in [2.05, 4.69) is 4.18 Å². The molecule has 0 fully saturated rings. The van der Waals surface area contributed by atoms with Crippen LogP contribution in [0.2, 0.25) is 0 Å². The zero-order valence-electron chi connectivity index (χ0n) is 11.7. The molecule has 1 amide bonds. The van der Waals surface area contributed by atoms with Crippen molar-refractivity contribution in [3.63, 3.8) is 0 Å². The van der Waals surface area contributed by atoms with E-state index in [1.807, 2.05) is 0 Å². The Morgan fingerprint density at radius 2 is 1.78 bits per heavy atom. The van der Waals surface area contributed by atoms with Crippen LogP contribution in [-0.4, -0.2) is 51.5 Å². The Morgan fingerprint density at radius 1 is 1.22 bits per heavy atom. The van der Waals surface area contributed by atoms with Crippen molar-refractivity contribution in [3.05, 3.63) is 0 Å². The molecule has 0 heterocycles. The standard InChI is InChI=1S/C11H23NO5S/c1-11(2,3)17-10(13)12(4)8-6-7-9-16-18(5,14)15/h6-9H2,1-5H3. The summed E-state index contributed by atoms with van der Waals surface area (Å²) in [6, 6.07) is 0. The quantitative estimate of drug-likeness (QED) is 0.546. The number of carbonyl (C=O) groups excluding carboxylic acids is 1. The maximum atomic E-state index is 11.6. The summed E-state index contributed by atoms with van der Waals surface area (Å²) < 4.78 is 31.1. The van der Waals surface area contributed by atoms with Crippen LogP contribution < -0.4 is 0 Å². The first-order valence-corrected chi connectivity index (χ1v) is 7.61. The van der Waals surface area contributed by atoms with Gasteiger partial charge < -0.3 is 9.64 Å². The second-order valence-corrected chi connectivity index (χ2v) is 6.78. The first-order valence-electron chi connectivity index (χ1n) is 5.80. The van der Waals surface area contributed by atoms with Gasteiger partial charge in [0.15, 0.2) is 0 Å². The normalized spacial score (nSPS) is 12.3. The van der Waals surface area contributed by atoms with Gasteiger partial charge in [0.1, 0.15) is 5.60 Å². The predicted molar refractivity (Wildman–Crippen MR) is 68.9 cm³/mol. The van der Waals surface area contributed by atoms with Crippen molar-refractivity contribution >= 4 is 16.2 Å². The molecule has 0 radical (unpaired) electrons. The number of carbonyl (C=O) groups is 1. The monoisotopic (exact) mass is 281 g/mol. The maximum absolute atomic E-state index is 11.6.